The van der Waals surface area contributed by atoms with E-state index in [1.165, 1.54) is 89.9 Å². The molecular weight excluding hydrogens is 628 g/mol. The van der Waals surface area contributed by atoms with Crippen molar-refractivity contribution in [3.63, 3.8) is 0 Å². The molecule has 0 radical (unpaired) electrons. The van der Waals surface area contributed by atoms with Gasteiger partial charge in [0, 0.05) is 6.61 Å². The summed E-state index contributed by atoms with van der Waals surface area (Å²) in [6, 6.07) is 0. The van der Waals surface area contributed by atoms with Crippen molar-refractivity contribution in [1.82, 2.24) is 0 Å². The molecule has 0 bridgehead atoms. The second-order valence-electron chi connectivity index (χ2n) is 18.8. The minimum Gasteiger partial charge on any atom is -0.391 e. The minimum absolute atomic E-state index is 0.321. The summed E-state index contributed by atoms with van der Waals surface area (Å²) in [5.74, 6) is 3.22. The zero-order valence-corrected chi connectivity index (χ0v) is 32.6. The third-order valence-corrected chi connectivity index (χ3v) is 14.8. The molecule has 50 heavy (non-hydrogen) atoms. The van der Waals surface area contributed by atoms with E-state index >= 15 is 0 Å². The van der Waals surface area contributed by atoms with Crippen LogP contribution in [0.25, 0.3) is 0 Å². The molecule has 6 aliphatic rings. The molecule has 7 heteroatoms. The summed E-state index contributed by atoms with van der Waals surface area (Å²) in [6.07, 6.45) is 26.2. The van der Waals surface area contributed by atoms with E-state index in [4.69, 9.17) is 28.4 Å². The molecule has 0 amide bonds. The first-order valence-electron chi connectivity index (χ1n) is 21.5. The highest BCUT2D eigenvalue weighted by molar-refractivity contribution is 4.93. The summed E-state index contributed by atoms with van der Waals surface area (Å²) in [6.45, 7) is 14.9. The van der Waals surface area contributed by atoms with E-state index in [0.29, 0.717) is 54.1 Å². The first-order valence-corrected chi connectivity index (χ1v) is 21.5. The Kier molecular flexibility index (Phi) is 14.9. The Labute approximate surface area is 306 Å². The number of rotatable bonds is 20. The summed E-state index contributed by atoms with van der Waals surface area (Å²) in [7, 11) is 0. The van der Waals surface area contributed by atoms with E-state index < -0.39 is 0 Å². The van der Waals surface area contributed by atoms with Gasteiger partial charge >= 0.3 is 0 Å². The standard InChI is InChI=1S/C43H76O7/c1-42(2,33-13-21-38(22-14-33)47-27-40-29-49-40)31-9-17-36(18-10-31)45-25-7-5-6-8-35(44)26-46-37-19-11-32(12-20-37)43(3,4)34-15-23-39(24-16-34)48-28-41-30-50-41/h31-41,44H,5-30H2,1-4H3. The molecule has 2 saturated heterocycles. The first kappa shape index (κ1) is 39.4. The summed E-state index contributed by atoms with van der Waals surface area (Å²) >= 11 is 0. The molecule has 3 unspecified atom stereocenters. The molecule has 7 nitrogen and oxygen atoms in total. The zero-order chi connectivity index (χ0) is 35.0. The van der Waals surface area contributed by atoms with Gasteiger partial charge in [-0.05, 0) is 150 Å². The molecule has 6 fully saturated rings. The van der Waals surface area contributed by atoms with Gasteiger partial charge in [0.2, 0.25) is 0 Å². The highest BCUT2D eigenvalue weighted by atomic mass is 16.6. The molecule has 290 valence electrons. The molecule has 2 heterocycles. The van der Waals surface area contributed by atoms with Crippen LogP contribution in [0.3, 0.4) is 0 Å². The predicted octanol–water partition coefficient (Wildman–Crippen LogP) is 9.06. The summed E-state index contributed by atoms with van der Waals surface area (Å²) in [4.78, 5) is 0. The molecule has 3 atom stereocenters. The van der Waals surface area contributed by atoms with Gasteiger partial charge in [-0.3, -0.25) is 0 Å². The lowest BCUT2D eigenvalue weighted by Gasteiger charge is -2.46. The highest BCUT2D eigenvalue weighted by Gasteiger charge is 2.42. The van der Waals surface area contributed by atoms with Crippen molar-refractivity contribution in [3.8, 4) is 0 Å². The fourth-order valence-corrected chi connectivity index (χ4v) is 10.6. The fourth-order valence-electron chi connectivity index (χ4n) is 10.6. The molecule has 6 rings (SSSR count). The van der Waals surface area contributed by atoms with E-state index in [-0.39, 0.29) is 6.10 Å². The van der Waals surface area contributed by atoms with Crippen LogP contribution in [-0.2, 0) is 28.4 Å². The van der Waals surface area contributed by atoms with Crippen molar-refractivity contribution in [1.29, 1.82) is 0 Å². The van der Waals surface area contributed by atoms with E-state index in [1.807, 2.05) is 0 Å². The number of aliphatic hydroxyl groups excluding tert-OH is 1. The Morgan fingerprint density at radius 1 is 0.500 bits per heavy atom. The Bertz CT molecular complexity index is 946. The smallest absolute Gasteiger partial charge is 0.104 e. The number of ether oxygens (including phenoxy) is 6. The second-order valence-corrected chi connectivity index (χ2v) is 18.8. The number of hydrogen-bond acceptors (Lipinski definition) is 7. The van der Waals surface area contributed by atoms with E-state index in [2.05, 4.69) is 27.7 Å². The van der Waals surface area contributed by atoms with Crippen LogP contribution in [0.5, 0.6) is 0 Å². The molecule has 0 aromatic carbocycles. The SMILES string of the molecule is CC(C)(C1CCC(OCCCCCC(O)COC2CCC(C(C)(C)C3CCC(OCC4CO4)CC3)CC2)CC1)C1CCC(OCC2CO2)CC1. The molecule has 1 N–H and O–H groups in total. The molecule has 0 spiro atoms. The third-order valence-electron chi connectivity index (χ3n) is 14.8. The maximum atomic E-state index is 10.6. The lowest BCUT2D eigenvalue weighted by molar-refractivity contribution is -0.0545. The largest absolute Gasteiger partial charge is 0.391 e. The van der Waals surface area contributed by atoms with Crippen LogP contribution in [0.4, 0.5) is 0 Å². The molecular formula is C43H76O7. The number of hydrogen-bond donors (Lipinski definition) is 1. The van der Waals surface area contributed by atoms with Crippen LogP contribution < -0.4 is 0 Å². The van der Waals surface area contributed by atoms with Gasteiger partial charge in [0.25, 0.3) is 0 Å². The van der Waals surface area contributed by atoms with Crippen LogP contribution >= 0.6 is 0 Å². The van der Waals surface area contributed by atoms with Gasteiger partial charge in [0.1, 0.15) is 12.2 Å². The maximum Gasteiger partial charge on any atom is 0.104 e. The van der Waals surface area contributed by atoms with Gasteiger partial charge < -0.3 is 33.5 Å². The van der Waals surface area contributed by atoms with Gasteiger partial charge in [-0.1, -0.05) is 40.5 Å². The maximum absolute atomic E-state index is 10.6. The third kappa shape index (κ3) is 11.9. The monoisotopic (exact) mass is 705 g/mol. The fraction of sp³-hybridized carbons (Fsp3) is 1.00. The average Bonchev–Trinajstić information content (AvgIpc) is 4.08. The van der Waals surface area contributed by atoms with E-state index in [9.17, 15) is 5.11 Å². The van der Waals surface area contributed by atoms with Crippen molar-refractivity contribution in [2.24, 2.45) is 34.5 Å². The van der Waals surface area contributed by atoms with Crippen molar-refractivity contribution >= 4 is 0 Å². The lowest BCUT2D eigenvalue weighted by Crippen LogP contribution is -2.39. The second kappa shape index (κ2) is 18.8. The van der Waals surface area contributed by atoms with Gasteiger partial charge in [0.15, 0.2) is 0 Å². The summed E-state index contributed by atoms with van der Waals surface area (Å²) in [5.41, 5.74) is 0.799. The summed E-state index contributed by atoms with van der Waals surface area (Å²) in [5, 5.41) is 10.6. The topological polar surface area (TPSA) is 82.2 Å². The van der Waals surface area contributed by atoms with Crippen LogP contribution in [-0.4, -0.2) is 87.5 Å². The summed E-state index contributed by atoms with van der Waals surface area (Å²) < 4.78 is 35.5. The first-order chi connectivity index (χ1) is 24.2. The zero-order valence-electron chi connectivity index (χ0n) is 32.6. The Balaban J connectivity index is 0.752. The van der Waals surface area contributed by atoms with Crippen LogP contribution in [0.2, 0.25) is 0 Å². The van der Waals surface area contributed by atoms with Crippen molar-refractivity contribution in [3.05, 3.63) is 0 Å². The van der Waals surface area contributed by atoms with Gasteiger partial charge in [0.05, 0.1) is 63.6 Å². The van der Waals surface area contributed by atoms with Crippen molar-refractivity contribution in [2.75, 3.05) is 39.6 Å². The Hall–Kier alpha value is -0.280. The number of aliphatic hydroxyl groups is 1. The molecule has 0 aromatic rings. The normalized spacial score (nSPS) is 37.4. The van der Waals surface area contributed by atoms with Gasteiger partial charge in [-0.2, -0.15) is 0 Å². The molecule has 4 saturated carbocycles. The quantitative estimate of drug-likeness (QED) is 0.100. The van der Waals surface area contributed by atoms with Crippen LogP contribution in [0.1, 0.15) is 156 Å². The number of epoxide rings is 2. The molecule has 2 aliphatic heterocycles. The minimum atomic E-state index is -0.340. The number of unbranched alkanes of at least 4 members (excludes halogenated alkanes) is 2. The lowest BCUT2D eigenvalue weighted by atomic mass is 9.60. The Morgan fingerprint density at radius 3 is 1.24 bits per heavy atom. The molecule has 4 aliphatic carbocycles. The average molecular weight is 705 g/mol. The Morgan fingerprint density at radius 2 is 0.860 bits per heavy atom. The van der Waals surface area contributed by atoms with Crippen molar-refractivity contribution in [2.45, 2.75) is 199 Å². The molecule has 0 aromatic heterocycles. The van der Waals surface area contributed by atoms with Gasteiger partial charge in [-0.15, -0.1) is 0 Å². The van der Waals surface area contributed by atoms with E-state index in [1.54, 1.807) is 0 Å². The highest BCUT2D eigenvalue weighted by Crippen LogP contribution is 2.50. The van der Waals surface area contributed by atoms with Crippen LogP contribution in [0, 0.1) is 34.5 Å². The predicted molar refractivity (Wildman–Crippen MR) is 198 cm³/mol. The van der Waals surface area contributed by atoms with Crippen molar-refractivity contribution < 1.29 is 33.5 Å². The van der Waals surface area contributed by atoms with Gasteiger partial charge in [-0.25, -0.2) is 0 Å². The van der Waals surface area contributed by atoms with E-state index in [0.717, 1.165) is 95.2 Å². The van der Waals surface area contributed by atoms with Crippen LogP contribution in [0.15, 0.2) is 0 Å².